The molecule has 0 fully saturated rings. The molecule has 1 atom stereocenters. The van der Waals surface area contributed by atoms with Gasteiger partial charge in [-0.05, 0) is 30.5 Å². The lowest BCUT2D eigenvalue weighted by atomic mass is 10.1. The molecule has 0 aliphatic heterocycles. The monoisotopic (exact) mass is 274 g/mol. The van der Waals surface area contributed by atoms with E-state index in [-0.39, 0.29) is 17.6 Å². The summed E-state index contributed by atoms with van der Waals surface area (Å²) in [6.45, 7) is 2.36. The Morgan fingerprint density at radius 1 is 1.35 bits per heavy atom. The van der Waals surface area contributed by atoms with Gasteiger partial charge in [0.1, 0.15) is 0 Å². The number of nitrogens with one attached hydrogen (secondary N) is 2. The van der Waals surface area contributed by atoms with Crippen LogP contribution in [-0.2, 0) is 6.42 Å². The summed E-state index contributed by atoms with van der Waals surface area (Å²) in [6, 6.07) is 6.01. The van der Waals surface area contributed by atoms with Crippen LogP contribution in [0.25, 0.3) is 0 Å². The highest BCUT2D eigenvalue weighted by atomic mass is 16.4. The molecule has 0 radical (unpaired) electrons. The van der Waals surface area contributed by atoms with E-state index in [2.05, 4.69) is 16.6 Å². The van der Waals surface area contributed by atoms with Gasteiger partial charge in [0.05, 0.1) is 11.6 Å². The van der Waals surface area contributed by atoms with Crippen LogP contribution in [0.3, 0.4) is 0 Å². The summed E-state index contributed by atoms with van der Waals surface area (Å²) in [7, 11) is 0. The number of carboxylic acid groups (broad SMARTS) is 1. The summed E-state index contributed by atoms with van der Waals surface area (Å²) in [5.74, 6) is 1.53. The van der Waals surface area contributed by atoms with Crippen molar-refractivity contribution in [3.63, 3.8) is 0 Å². The number of carbonyl (C=O) groups is 2. The summed E-state index contributed by atoms with van der Waals surface area (Å²) < 4.78 is 0. The first-order valence-electron chi connectivity index (χ1n) is 6.39. The summed E-state index contributed by atoms with van der Waals surface area (Å²) >= 11 is 0. The van der Waals surface area contributed by atoms with Gasteiger partial charge in [-0.25, -0.2) is 9.59 Å². The molecule has 1 rings (SSSR count). The summed E-state index contributed by atoms with van der Waals surface area (Å²) in [5, 5.41) is 14.1. The molecule has 0 aliphatic carbocycles. The second kappa shape index (κ2) is 7.85. The van der Waals surface area contributed by atoms with E-state index < -0.39 is 5.97 Å². The molecule has 0 heterocycles. The Hall–Kier alpha value is -2.48. The van der Waals surface area contributed by atoms with Crippen LogP contribution in [0.5, 0.6) is 0 Å². The lowest BCUT2D eigenvalue weighted by Crippen LogP contribution is -2.41. The zero-order valence-electron chi connectivity index (χ0n) is 11.3. The first-order valence-corrected chi connectivity index (χ1v) is 6.39. The topological polar surface area (TPSA) is 78.4 Å². The summed E-state index contributed by atoms with van der Waals surface area (Å²) in [5.41, 5.74) is 1.21. The van der Waals surface area contributed by atoms with Crippen molar-refractivity contribution in [2.75, 3.05) is 6.54 Å². The number of carboxylic acids is 1. The quantitative estimate of drug-likeness (QED) is 0.690. The molecule has 3 N–H and O–H groups in total. The smallest absolute Gasteiger partial charge is 0.335 e. The molecule has 0 saturated carbocycles. The number of rotatable bonds is 6. The van der Waals surface area contributed by atoms with E-state index in [0.717, 1.165) is 5.56 Å². The highest BCUT2D eigenvalue weighted by Gasteiger charge is 2.06. The van der Waals surface area contributed by atoms with E-state index >= 15 is 0 Å². The molecule has 1 aromatic rings. The molecule has 5 heteroatoms. The van der Waals surface area contributed by atoms with E-state index in [1.165, 1.54) is 0 Å². The molecule has 0 spiro atoms. The fourth-order valence-corrected chi connectivity index (χ4v) is 1.61. The highest BCUT2D eigenvalue weighted by molar-refractivity contribution is 5.87. The van der Waals surface area contributed by atoms with Crippen LogP contribution < -0.4 is 10.6 Å². The number of aromatic carboxylic acids is 1. The minimum atomic E-state index is -0.950. The number of amides is 2. The molecule has 0 aliphatic rings. The Morgan fingerprint density at radius 3 is 2.50 bits per heavy atom. The van der Waals surface area contributed by atoms with Crippen LogP contribution in [0.1, 0.15) is 29.3 Å². The van der Waals surface area contributed by atoms with Gasteiger partial charge in [-0.1, -0.05) is 25.0 Å². The second-order valence-electron chi connectivity index (χ2n) is 4.28. The summed E-state index contributed by atoms with van der Waals surface area (Å²) in [6.07, 6.45) is 6.56. The van der Waals surface area contributed by atoms with Gasteiger partial charge in [-0.3, -0.25) is 0 Å². The van der Waals surface area contributed by atoms with Crippen molar-refractivity contribution in [2.24, 2.45) is 0 Å². The fourth-order valence-electron chi connectivity index (χ4n) is 1.61. The third-order valence-electron chi connectivity index (χ3n) is 2.81. The predicted molar refractivity (Wildman–Crippen MR) is 76.6 cm³/mol. The van der Waals surface area contributed by atoms with Gasteiger partial charge in [-0.2, -0.15) is 0 Å². The van der Waals surface area contributed by atoms with Crippen LogP contribution >= 0.6 is 0 Å². The Morgan fingerprint density at radius 2 is 2.00 bits per heavy atom. The standard InChI is InChI=1S/C15H18N2O3/c1-3-13(4-2)17-15(20)16-10-9-11-5-7-12(8-6-11)14(18)19/h1,5-8,13H,4,9-10H2,2H3,(H,18,19)(H2,16,17,20). The molecule has 1 unspecified atom stereocenters. The van der Waals surface area contributed by atoms with Crippen molar-refractivity contribution < 1.29 is 14.7 Å². The molecule has 20 heavy (non-hydrogen) atoms. The van der Waals surface area contributed by atoms with Crippen molar-refractivity contribution in [1.29, 1.82) is 0 Å². The molecule has 2 amide bonds. The van der Waals surface area contributed by atoms with Crippen molar-refractivity contribution >= 4 is 12.0 Å². The largest absolute Gasteiger partial charge is 0.478 e. The van der Waals surface area contributed by atoms with Gasteiger partial charge in [0, 0.05) is 6.54 Å². The average Bonchev–Trinajstić information content (AvgIpc) is 2.45. The number of urea groups is 1. The Bertz CT molecular complexity index is 503. The lowest BCUT2D eigenvalue weighted by Gasteiger charge is -2.11. The fraction of sp³-hybridized carbons (Fsp3) is 0.333. The number of hydrogen-bond acceptors (Lipinski definition) is 2. The van der Waals surface area contributed by atoms with E-state index in [4.69, 9.17) is 11.5 Å². The Labute approximate surface area is 118 Å². The minimum absolute atomic E-state index is 0.249. The maximum Gasteiger partial charge on any atom is 0.335 e. The van der Waals surface area contributed by atoms with Crippen LogP contribution in [0.15, 0.2) is 24.3 Å². The second-order valence-corrected chi connectivity index (χ2v) is 4.28. The Balaban J connectivity index is 2.35. The number of carbonyl (C=O) groups excluding carboxylic acids is 1. The lowest BCUT2D eigenvalue weighted by molar-refractivity contribution is 0.0697. The molecule has 0 aromatic heterocycles. The van der Waals surface area contributed by atoms with Crippen LogP contribution in [0.2, 0.25) is 0 Å². The number of hydrogen-bond donors (Lipinski definition) is 3. The van der Waals surface area contributed by atoms with E-state index in [9.17, 15) is 9.59 Å². The first kappa shape index (κ1) is 15.6. The molecule has 5 nitrogen and oxygen atoms in total. The van der Waals surface area contributed by atoms with E-state index in [0.29, 0.717) is 19.4 Å². The van der Waals surface area contributed by atoms with Gasteiger partial charge in [0.25, 0.3) is 0 Å². The zero-order chi connectivity index (χ0) is 15.0. The summed E-state index contributed by atoms with van der Waals surface area (Å²) in [4.78, 5) is 22.2. The van der Waals surface area contributed by atoms with E-state index in [1.807, 2.05) is 6.92 Å². The molecular weight excluding hydrogens is 256 g/mol. The van der Waals surface area contributed by atoms with Gasteiger partial charge in [-0.15, -0.1) is 6.42 Å². The first-order chi connectivity index (χ1) is 9.56. The highest BCUT2D eigenvalue weighted by Crippen LogP contribution is 2.04. The molecule has 106 valence electrons. The number of benzene rings is 1. The normalized spacial score (nSPS) is 11.2. The Kier molecular flexibility index (Phi) is 6.11. The van der Waals surface area contributed by atoms with Gasteiger partial charge in [0.15, 0.2) is 0 Å². The van der Waals surface area contributed by atoms with Gasteiger partial charge >= 0.3 is 12.0 Å². The van der Waals surface area contributed by atoms with Crippen molar-refractivity contribution in [1.82, 2.24) is 10.6 Å². The maximum atomic E-state index is 11.5. The zero-order valence-corrected chi connectivity index (χ0v) is 11.3. The van der Waals surface area contributed by atoms with Crippen LogP contribution in [0.4, 0.5) is 4.79 Å². The van der Waals surface area contributed by atoms with Gasteiger partial charge in [0.2, 0.25) is 0 Å². The molecule has 1 aromatic carbocycles. The van der Waals surface area contributed by atoms with E-state index in [1.54, 1.807) is 24.3 Å². The molecule has 0 bridgehead atoms. The molecular formula is C15H18N2O3. The van der Waals surface area contributed by atoms with Crippen molar-refractivity contribution in [3.05, 3.63) is 35.4 Å². The SMILES string of the molecule is C#CC(CC)NC(=O)NCCc1ccc(C(=O)O)cc1. The third kappa shape index (κ3) is 5.02. The van der Waals surface area contributed by atoms with Crippen LogP contribution in [-0.4, -0.2) is 29.7 Å². The van der Waals surface area contributed by atoms with Crippen molar-refractivity contribution in [2.45, 2.75) is 25.8 Å². The van der Waals surface area contributed by atoms with Crippen molar-refractivity contribution in [3.8, 4) is 12.3 Å². The maximum absolute atomic E-state index is 11.5. The average molecular weight is 274 g/mol. The predicted octanol–water partition coefficient (Wildman–Crippen LogP) is 1.64. The van der Waals surface area contributed by atoms with Gasteiger partial charge < -0.3 is 15.7 Å². The number of terminal acetylenes is 1. The third-order valence-corrected chi connectivity index (χ3v) is 2.81. The molecule has 0 saturated heterocycles. The van der Waals surface area contributed by atoms with Crippen LogP contribution in [0, 0.1) is 12.3 Å². The minimum Gasteiger partial charge on any atom is -0.478 e.